The molecule has 174 valence electrons. The van der Waals surface area contributed by atoms with Crippen molar-refractivity contribution in [3.05, 3.63) is 47.8 Å². The third kappa shape index (κ3) is 3.74. The number of hydrogen-bond donors (Lipinski definition) is 0. The SMILES string of the molecule is CCOC(=O)OC1CC[C@@]2(C)C(=CCC3C2CC[C@]2(C)C(c4cccnc4)=CCC32)C1.[Br-]. The molecule has 1 aromatic heterocycles. The quantitative estimate of drug-likeness (QED) is 0.470. The van der Waals surface area contributed by atoms with E-state index in [1.54, 1.807) is 0 Å². The van der Waals surface area contributed by atoms with Crippen LogP contribution >= 0.6 is 0 Å². The maximum absolute atomic E-state index is 11.8. The number of pyridine rings is 1. The molecule has 2 fully saturated rings. The van der Waals surface area contributed by atoms with Gasteiger partial charge in [-0.25, -0.2) is 4.79 Å². The van der Waals surface area contributed by atoms with E-state index < -0.39 is 6.16 Å². The van der Waals surface area contributed by atoms with Crippen LogP contribution < -0.4 is 17.0 Å². The van der Waals surface area contributed by atoms with Crippen molar-refractivity contribution in [2.75, 3.05) is 6.61 Å². The molecular formula is C27H35BrNO3-. The number of aromatic nitrogens is 1. The van der Waals surface area contributed by atoms with Gasteiger partial charge in [0.1, 0.15) is 6.10 Å². The Morgan fingerprint density at radius 2 is 1.94 bits per heavy atom. The normalized spacial score (nSPS) is 37.6. The Bertz CT molecular complexity index is 913. The number of carbonyl (C=O) groups is 1. The minimum Gasteiger partial charge on any atom is -1.00 e. The Morgan fingerprint density at radius 1 is 1.12 bits per heavy atom. The lowest BCUT2D eigenvalue weighted by Crippen LogP contribution is -3.00. The summed E-state index contributed by atoms with van der Waals surface area (Å²) in [6, 6.07) is 4.29. The van der Waals surface area contributed by atoms with Crippen molar-refractivity contribution in [1.82, 2.24) is 4.98 Å². The second-order valence-electron chi connectivity index (χ2n) is 10.5. The van der Waals surface area contributed by atoms with Gasteiger partial charge in [-0.1, -0.05) is 37.6 Å². The first-order valence-corrected chi connectivity index (χ1v) is 12.1. The van der Waals surface area contributed by atoms with Crippen LogP contribution in [-0.4, -0.2) is 23.9 Å². The summed E-state index contributed by atoms with van der Waals surface area (Å²) in [4.78, 5) is 16.2. The Labute approximate surface area is 202 Å². The monoisotopic (exact) mass is 500 g/mol. The molecule has 0 amide bonds. The molecule has 5 heteroatoms. The zero-order valence-corrected chi connectivity index (χ0v) is 21.1. The van der Waals surface area contributed by atoms with Gasteiger partial charge in [-0.15, -0.1) is 0 Å². The number of fused-ring (bicyclic) bond motifs is 5. The topological polar surface area (TPSA) is 48.4 Å². The minimum absolute atomic E-state index is 0. The molecule has 5 rings (SSSR count). The van der Waals surface area contributed by atoms with Crippen LogP contribution in [0.3, 0.4) is 0 Å². The molecule has 4 aliphatic carbocycles. The molecule has 0 spiro atoms. The van der Waals surface area contributed by atoms with E-state index in [2.05, 4.69) is 43.1 Å². The number of carbonyl (C=O) groups excluding carboxylic acids is 1. The first-order chi connectivity index (χ1) is 15.0. The summed E-state index contributed by atoms with van der Waals surface area (Å²) in [6.07, 6.45) is 16.2. The number of nitrogens with zero attached hydrogens (tertiary/aromatic N) is 1. The van der Waals surface area contributed by atoms with Crippen LogP contribution in [-0.2, 0) is 9.47 Å². The Kier molecular flexibility index (Phi) is 6.59. The lowest BCUT2D eigenvalue weighted by atomic mass is 9.47. The highest BCUT2D eigenvalue weighted by Crippen LogP contribution is 2.66. The molecule has 0 radical (unpaired) electrons. The van der Waals surface area contributed by atoms with E-state index in [-0.39, 0.29) is 33.9 Å². The Hall–Kier alpha value is -1.62. The van der Waals surface area contributed by atoms with Crippen LogP contribution in [0.25, 0.3) is 5.57 Å². The average Bonchev–Trinajstić information content (AvgIpc) is 3.12. The second-order valence-corrected chi connectivity index (χ2v) is 10.5. The van der Waals surface area contributed by atoms with E-state index in [9.17, 15) is 4.79 Å². The molecule has 1 heterocycles. The van der Waals surface area contributed by atoms with Gasteiger partial charge in [-0.05, 0) is 91.2 Å². The van der Waals surface area contributed by atoms with Crippen LogP contribution in [0.2, 0.25) is 0 Å². The zero-order valence-electron chi connectivity index (χ0n) is 19.5. The van der Waals surface area contributed by atoms with Crippen molar-refractivity contribution < 1.29 is 31.2 Å². The van der Waals surface area contributed by atoms with Crippen molar-refractivity contribution in [2.24, 2.45) is 28.6 Å². The van der Waals surface area contributed by atoms with Gasteiger partial charge >= 0.3 is 6.16 Å². The van der Waals surface area contributed by atoms with Gasteiger partial charge in [-0.2, -0.15) is 0 Å². The fraction of sp³-hybridized carbons (Fsp3) is 0.630. The lowest BCUT2D eigenvalue weighted by Gasteiger charge is -2.57. The molecule has 1 aromatic rings. The van der Waals surface area contributed by atoms with E-state index in [4.69, 9.17) is 9.47 Å². The molecule has 0 saturated heterocycles. The predicted molar refractivity (Wildman–Crippen MR) is 121 cm³/mol. The van der Waals surface area contributed by atoms with Gasteiger partial charge in [0.05, 0.1) is 6.61 Å². The summed E-state index contributed by atoms with van der Waals surface area (Å²) < 4.78 is 10.6. The maximum atomic E-state index is 11.8. The Morgan fingerprint density at radius 3 is 2.69 bits per heavy atom. The van der Waals surface area contributed by atoms with Crippen LogP contribution in [0.1, 0.15) is 71.3 Å². The molecule has 4 unspecified atom stereocenters. The van der Waals surface area contributed by atoms with Crippen molar-refractivity contribution in [3.8, 4) is 0 Å². The number of hydrogen-bond acceptors (Lipinski definition) is 4. The van der Waals surface area contributed by atoms with E-state index in [1.807, 2.05) is 19.3 Å². The van der Waals surface area contributed by atoms with Gasteiger partial charge in [0.2, 0.25) is 0 Å². The third-order valence-corrected chi connectivity index (χ3v) is 9.14. The Balaban J connectivity index is 0.00000245. The molecule has 4 nitrogen and oxygen atoms in total. The molecule has 2 saturated carbocycles. The van der Waals surface area contributed by atoms with Crippen molar-refractivity contribution in [1.29, 1.82) is 0 Å². The van der Waals surface area contributed by atoms with Gasteiger partial charge < -0.3 is 26.5 Å². The number of rotatable bonds is 3. The van der Waals surface area contributed by atoms with Crippen molar-refractivity contribution in [2.45, 2.75) is 71.8 Å². The summed E-state index contributed by atoms with van der Waals surface area (Å²) in [5, 5.41) is 0. The standard InChI is InChI=1S/C27H35NO3.BrH/c1-4-30-25(29)31-20-11-13-26(2)19(16-20)7-8-21-23-10-9-22(18-6-5-15-28-17-18)27(23,3)14-12-24(21)26;/h5-7,9,15,17,20-21,23-24H,4,8,10-14,16H2,1-3H3;1H/p-1/t20?,21?,23?,24?,26-,27+;/m0./s1. The highest BCUT2D eigenvalue weighted by Gasteiger charge is 2.57. The van der Waals surface area contributed by atoms with Crippen LogP contribution in [0.15, 0.2) is 42.3 Å². The first kappa shape index (κ1) is 23.5. The minimum atomic E-state index is -0.515. The van der Waals surface area contributed by atoms with Crippen molar-refractivity contribution in [3.63, 3.8) is 0 Å². The number of ether oxygens (including phenoxy) is 2. The molecule has 0 N–H and O–H groups in total. The van der Waals surface area contributed by atoms with Crippen molar-refractivity contribution >= 4 is 11.7 Å². The van der Waals surface area contributed by atoms with Gasteiger partial charge in [-0.3, -0.25) is 4.98 Å². The highest BCUT2D eigenvalue weighted by molar-refractivity contribution is 5.72. The molecule has 32 heavy (non-hydrogen) atoms. The fourth-order valence-electron chi connectivity index (χ4n) is 7.55. The van der Waals surface area contributed by atoms with Crippen LogP contribution in [0.4, 0.5) is 4.79 Å². The van der Waals surface area contributed by atoms with Gasteiger partial charge in [0, 0.05) is 18.8 Å². The maximum Gasteiger partial charge on any atom is 0.508 e. The first-order valence-electron chi connectivity index (χ1n) is 12.1. The average molecular weight is 501 g/mol. The summed E-state index contributed by atoms with van der Waals surface area (Å²) in [5.41, 5.74) is 4.86. The second kappa shape index (κ2) is 8.96. The molecule has 0 aliphatic heterocycles. The smallest absolute Gasteiger partial charge is 0.508 e. The van der Waals surface area contributed by atoms with Crippen LogP contribution in [0, 0.1) is 28.6 Å². The van der Waals surface area contributed by atoms with E-state index in [0.29, 0.717) is 12.5 Å². The van der Waals surface area contributed by atoms with Gasteiger partial charge in [0.25, 0.3) is 0 Å². The third-order valence-electron chi connectivity index (χ3n) is 9.14. The highest BCUT2D eigenvalue weighted by atomic mass is 79.9. The molecule has 0 aromatic carbocycles. The molecule has 0 bridgehead atoms. The van der Waals surface area contributed by atoms with E-state index >= 15 is 0 Å². The zero-order chi connectivity index (χ0) is 21.6. The summed E-state index contributed by atoms with van der Waals surface area (Å²) in [5.74, 6) is 2.18. The largest absolute Gasteiger partial charge is 1.00 e. The van der Waals surface area contributed by atoms with Gasteiger partial charge in [0.15, 0.2) is 0 Å². The van der Waals surface area contributed by atoms with E-state index in [0.717, 1.165) is 37.5 Å². The summed E-state index contributed by atoms with van der Waals surface area (Å²) >= 11 is 0. The predicted octanol–water partition coefficient (Wildman–Crippen LogP) is 3.58. The lowest BCUT2D eigenvalue weighted by molar-refractivity contribution is -0.0354. The molecule has 4 aliphatic rings. The number of allylic oxidation sites excluding steroid dienone is 3. The summed E-state index contributed by atoms with van der Waals surface area (Å²) in [7, 11) is 0. The van der Waals surface area contributed by atoms with E-state index in [1.165, 1.54) is 36.0 Å². The molecule has 6 atom stereocenters. The summed E-state index contributed by atoms with van der Waals surface area (Å²) in [6.45, 7) is 7.18. The fourth-order valence-corrected chi connectivity index (χ4v) is 7.55. The molecular weight excluding hydrogens is 466 g/mol. The van der Waals surface area contributed by atoms with Crippen LogP contribution in [0.5, 0.6) is 0 Å². The number of halogens is 1.